The SMILES string of the molecule is O=C(COc1ccc(Cl)cc1)NCC1(N2CCSCC2)CCOCC1. The highest BCUT2D eigenvalue weighted by Gasteiger charge is 2.39. The Balaban J connectivity index is 1.51. The molecule has 0 unspecified atom stereocenters. The van der Waals surface area contributed by atoms with E-state index in [0.29, 0.717) is 17.3 Å². The van der Waals surface area contributed by atoms with Crippen molar-refractivity contribution in [1.82, 2.24) is 10.2 Å². The Morgan fingerprint density at radius 3 is 2.60 bits per heavy atom. The summed E-state index contributed by atoms with van der Waals surface area (Å²) in [6.45, 7) is 4.37. The van der Waals surface area contributed by atoms with Crippen LogP contribution in [0, 0.1) is 0 Å². The van der Waals surface area contributed by atoms with Crippen molar-refractivity contribution in [2.45, 2.75) is 18.4 Å². The molecule has 0 atom stereocenters. The van der Waals surface area contributed by atoms with Gasteiger partial charge in [0.1, 0.15) is 5.75 Å². The normalized spacial score (nSPS) is 20.8. The van der Waals surface area contributed by atoms with Gasteiger partial charge in [-0.1, -0.05) is 11.6 Å². The molecule has 0 aliphatic carbocycles. The lowest BCUT2D eigenvalue weighted by Gasteiger charge is -2.48. The monoisotopic (exact) mass is 384 g/mol. The first-order valence-electron chi connectivity index (χ1n) is 8.74. The fourth-order valence-corrected chi connectivity index (χ4v) is 4.42. The van der Waals surface area contributed by atoms with Gasteiger partial charge in [0.2, 0.25) is 0 Å². The second-order valence-electron chi connectivity index (χ2n) is 6.46. The number of nitrogens with one attached hydrogen (secondary N) is 1. The molecule has 0 bridgehead atoms. The second kappa shape index (κ2) is 9.12. The molecular formula is C18H25ClN2O3S. The first-order chi connectivity index (χ1) is 12.2. The van der Waals surface area contributed by atoms with Gasteiger partial charge in [-0.15, -0.1) is 0 Å². The van der Waals surface area contributed by atoms with E-state index in [1.54, 1.807) is 24.3 Å². The van der Waals surface area contributed by atoms with Crippen LogP contribution in [0.1, 0.15) is 12.8 Å². The molecule has 7 heteroatoms. The lowest BCUT2D eigenvalue weighted by molar-refractivity contribution is -0.124. The smallest absolute Gasteiger partial charge is 0.258 e. The van der Waals surface area contributed by atoms with E-state index in [1.807, 2.05) is 11.8 Å². The molecule has 2 saturated heterocycles. The van der Waals surface area contributed by atoms with Crippen molar-refractivity contribution in [3.63, 3.8) is 0 Å². The molecule has 138 valence electrons. The highest BCUT2D eigenvalue weighted by molar-refractivity contribution is 7.99. The quantitative estimate of drug-likeness (QED) is 0.816. The molecule has 0 spiro atoms. The molecule has 5 nitrogen and oxygen atoms in total. The lowest BCUT2D eigenvalue weighted by Crippen LogP contribution is -2.60. The summed E-state index contributed by atoms with van der Waals surface area (Å²) < 4.78 is 11.1. The highest BCUT2D eigenvalue weighted by Crippen LogP contribution is 2.30. The number of nitrogens with zero attached hydrogens (tertiary/aromatic N) is 1. The lowest BCUT2D eigenvalue weighted by atomic mass is 9.87. The summed E-state index contributed by atoms with van der Waals surface area (Å²) in [4.78, 5) is 14.8. The maximum Gasteiger partial charge on any atom is 0.258 e. The minimum Gasteiger partial charge on any atom is -0.484 e. The van der Waals surface area contributed by atoms with Gasteiger partial charge in [0.05, 0.1) is 0 Å². The standard InChI is InChI=1S/C18H25ClN2O3S/c19-15-1-3-16(4-2-15)24-13-17(22)20-14-18(5-9-23-10-6-18)21-7-11-25-12-8-21/h1-4H,5-14H2,(H,20,22). The molecule has 2 heterocycles. The summed E-state index contributed by atoms with van der Waals surface area (Å²) in [6.07, 6.45) is 1.94. The van der Waals surface area contributed by atoms with E-state index in [4.69, 9.17) is 21.1 Å². The molecule has 1 aromatic rings. The van der Waals surface area contributed by atoms with Gasteiger partial charge in [-0.2, -0.15) is 11.8 Å². The average Bonchev–Trinajstić information content (AvgIpc) is 2.67. The zero-order valence-electron chi connectivity index (χ0n) is 14.3. The van der Waals surface area contributed by atoms with Crippen LogP contribution in [0.15, 0.2) is 24.3 Å². The molecule has 2 aliphatic heterocycles. The number of benzene rings is 1. The summed E-state index contributed by atoms with van der Waals surface area (Å²) in [7, 11) is 0. The van der Waals surface area contributed by atoms with Crippen LogP contribution in [0.25, 0.3) is 0 Å². The molecule has 1 aromatic carbocycles. The fraction of sp³-hybridized carbons (Fsp3) is 0.611. The number of hydrogen-bond donors (Lipinski definition) is 1. The van der Waals surface area contributed by atoms with E-state index in [1.165, 1.54) is 0 Å². The van der Waals surface area contributed by atoms with E-state index in [9.17, 15) is 4.79 Å². The van der Waals surface area contributed by atoms with Crippen molar-refractivity contribution in [3.8, 4) is 5.75 Å². The third-order valence-electron chi connectivity index (χ3n) is 4.90. The number of carbonyl (C=O) groups is 1. The van der Waals surface area contributed by atoms with Gasteiger partial charge in [-0.25, -0.2) is 0 Å². The van der Waals surface area contributed by atoms with Gasteiger partial charge < -0.3 is 14.8 Å². The Kier molecular flexibility index (Phi) is 6.87. The van der Waals surface area contributed by atoms with Crippen LogP contribution in [-0.4, -0.2) is 67.3 Å². The summed E-state index contributed by atoms with van der Waals surface area (Å²) in [5.74, 6) is 2.88. The zero-order valence-corrected chi connectivity index (χ0v) is 15.9. The number of hydrogen-bond acceptors (Lipinski definition) is 5. The van der Waals surface area contributed by atoms with Crippen molar-refractivity contribution < 1.29 is 14.3 Å². The Morgan fingerprint density at radius 1 is 1.24 bits per heavy atom. The molecule has 2 fully saturated rings. The third-order valence-corrected chi connectivity index (χ3v) is 6.10. The summed E-state index contributed by atoms with van der Waals surface area (Å²) in [5, 5.41) is 3.73. The number of carbonyl (C=O) groups excluding carboxylic acids is 1. The minimum atomic E-state index is -0.0906. The Labute approximate surface area is 158 Å². The van der Waals surface area contributed by atoms with Gasteiger partial charge in [0.25, 0.3) is 5.91 Å². The summed E-state index contributed by atoms with van der Waals surface area (Å²) >= 11 is 7.85. The largest absolute Gasteiger partial charge is 0.484 e. The van der Waals surface area contributed by atoms with Crippen molar-refractivity contribution >= 4 is 29.3 Å². The Hall–Kier alpha value is -0.950. The number of halogens is 1. The van der Waals surface area contributed by atoms with E-state index in [0.717, 1.165) is 50.7 Å². The van der Waals surface area contributed by atoms with E-state index >= 15 is 0 Å². The van der Waals surface area contributed by atoms with E-state index in [2.05, 4.69) is 10.2 Å². The first-order valence-corrected chi connectivity index (χ1v) is 10.3. The molecule has 3 rings (SSSR count). The van der Waals surface area contributed by atoms with Gasteiger partial charge in [0.15, 0.2) is 6.61 Å². The van der Waals surface area contributed by atoms with Crippen LogP contribution in [0.3, 0.4) is 0 Å². The predicted molar refractivity (Wildman–Crippen MR) is 102 cm³/mol. The fourth-order valence-electron chi connectivity index (χ4n) is 3.39. The summed E-state index contributed by atoms with van der Waals surface area (Å²) in [5.41, 5.74) is 0.0230. The molecule has 0 saturated carbocycles. The van der Waals surface area contributed by atoms with Crippen molar-refractivity contribution in [3.05, 3.63) is 29.3 Å². The van der Waals surface area contributed by atoms with Crippen LogP contribution >= 0.6 is 23.4 Å². The minimum absolute atomic E-state index is 0.0179. The van der Waals surface area contributed by atoms with Crippen LogP contribution in [0.5, 0.6) is 5.75 Å². The third kappa shape index (κ3) is 5.26. The number of thioether (sulfide) groups is 1. The van der Waals surface area contributed by atoms with Crippen LogP contribution in [0.4, 0.5) is 0 Å². The van der Waals surface area contributed by atoms with Gasteiger partial charge in [-0.05, 0) is 37.1 Å². The molecule has 2 aliphatic rings. The van der Waals surface area contributed by atoms with Crippen molar-refractivity contribution in [2.75, 3.05) is 51.0 Å². The van der Waals surface area contributed by atoms with Crippen LogP contribution in [-0.2, 0) is 9.53 Å². The molecule has 1 amide bonds. The first kappa shape index (κ1) is 18.8. The van der Waals surface area contributed by atoms with Crippen LogP contribution in [0.2, 0.25) is 5.02 Å². The number of ether oxygens (including phenoxy) is 2. The van der Waals surface area contributed by atoms with Gasteiger partial charge in [0, 0.05) is 54.9 Å². The Bertz CT molecular complexity index is 558. The zero-order chi connectivity index (χ0) is 17.5. The molecular weight excluding hydrogens is 360 g/mol. The predicted octanol–water partition coefficient (Wildman–Crippen LogP) is 2.43. The topological polar surface area (TPSA) is 50.8 Å². The van der Waals surface area contributed by atoms with Crippen molar-refractivity contribution in [1.29, 1.82) is 0 Å². The summed E-state index contributed by atoms with van der Waals surface area (Å²) in [6, 6.07) is 7.03. The molecule has 0 radical (unpaired) electrons. The number of rotatable bonds is 6. The Morgan fingerprint density at radius 2 is 1.92 bits per heavy atom. The molecule has 1 N–H and O–H groups in total. The number of amides is 1. The van der Waals surface area contributed by atoms with Gasteiger partial charge >= 0.3 is 0 Å². The second-order valence-corrected chi connectivity index (χ2v) is 8.12. The average molecular weight is 385 g/mol. The molecule has 0 aromatic heterocycles. The maximum atomic E-state index is 12.2. The van der Waals surface area contributed by atoms with E-state index in [-0.39, 0.29) is 18.1 Å². The van der Waals surface area contributed by atoms with Gasteiger partial charge in [-0.3, -0.25) is 9.69 Å². The highest BCUT2D eigenvalue weighted by atomic mass is 35.5. The van der Waals surface area contributed by atoms with Crippen LogP contribution < -0.4 is 10.1 Å². The molecule has 25 heavy (non-hydrogen) atoms. The maximum absolute atomic E-state index is 12.2. The van der Waals surface area contributed by atoms with Crippen molar-refractivity contribution in [2.24, 2.45) is 0 Å². The van der Waals surface area contributed by atoms with E-state index < -0.39 is 0 Å².